The van der Waals surface area contributed by atoms with Gasteiger partial charge in [0.15, 0.2) is 6.29 Å². The minimum absolute atomic E-state index is 0.355. The lowest BCUT2D eigenvalue weighted by Gasteiger charge is -2.23. The Bertz CT molecular complexity index is 466. The van der Waals surface area contributed by atoms with E-state index in [9.17, 15) is 9.59 Å². The molecule has 1 aromatic rings. The third-order valence-electron chi connectivity index (χ3n) is 2.94. The SMILES string of the molecule is CN1NCN(Cc2ccccc2Cl)C1C(=O)C=O. The number of carbonyl (C=O) groups is 2. The molecule has 1 fully saturated rings. The Morgan fingerprint density at radius 2 is 2.28 bits per heavy atom. The van der Waals surface area contributed by atoms with Gasteiger partial charge in [0, 0.05) is 18.6 Å². The van der Waals surface area contributed by atoms with Gasteiger partial charge in [-0.2, -0.15) is 0 Å². The van der Waals surface area contributed by atoms with Gasteiger partial charge in [0.25, 0.3) is 0 Å². The number of benzene rings is 1. The number of rotatable bonds is 4. The number of nitrogens with one attached hydrogen (secondary N) is 1. The van der Waals surface area contributed by atoms with Crippen LogP contribution >= 0.6 is 11.6 Å². The van der Waals surface area contributed by atoms with Crippen molar-refractivity contribution in [3.63, 3.8) is 0 Å². The van der Waals surface area contributed by atoms with Crippen molar-refractivity contribution in [2.75, 3.05) is 13.7 Å². The van der Waals surface area contributed by atoms with Crippen LogP contribution in [0.15, 0.2) is 24.3 Å². The van der Waals surface area contributed by atoms with Gasteiger partial charge in [-0.15, -0.1) is 0 Å². The van der Waals surface area contributed by atoms with Crippen molar-refractivity contribution in [1.82, 2.24) is 15.3 Å². The van der Waals surface area contributed by atoms with Crippen molar-refractivity contribution < 1.29 is 9.59 Å². The topological polar surface area (TPSA) is 52.6 Å². The van der Waals surface area contributed by atoms with Crippen LogP contribution in [0.5, 0.6) is 0 Å². The second-order valence-corrected chi connectivity index (χ2v) is 4.57. The second kappa shape index (κ2) is 5.58. The van der Waals surface area contributed by atoms with Gasteiger partial charge in [-0.05, 0) is 11.6 Å². The normalized spacial score (nSPS) is 21.1. The fraction of sp³-hybridized carbons (Fsp3) is 0.333. The van der Waals surface area contributed by atoms with E-state index in [4.69, 9.17) is 11.6 Å². The molecule has 0 spiro atoms. The van der Waals surface area contributed by atoms with Crippen LogP contribution in [0.25, 0.3) is 0 Å². The molecule has 0 amide bonds. The van der Waals surface area contributed by atoms with E-state index in [1.807, 2.05) is 23.1 Å². The molecular formula is C12H14ClN3O2. The molecule has 6 heteroatoms. The van der Waals surface area contributed by atoms with Gasteiger partial charge in [-0.1, -0.05) is 29.8 Å². The highest BCUT2D eigenvalue weighted by atomic mass is 35.5. The molecular weight excluding hydrogens is 254 g/mol. The van der Waals surface area contributed by atoms with Crippen molar-refractivity contribution >= 4 is 23.7 Å². The van der Waals surface area contributed by atoms with Crippen molar-refractivity contribution in [3.8, 4) is 0 Å². The van der Waals surface area contributed by atoms with Crippen LogP contribution in [0.4, 0.5) is 0 Å². The van der Waals surface area contributed by atoms with Crippen LogP contribution in [0.3, 0.4) is 0 Å². The fourth-order valence-electron chi connectivity index (χ4n) is 2.04. The highest BCUT2D eigenvalue weighted by molar-refractivity contribution is 6.31. The number of likely N-dealkylation sites (N-methyl/N-ethyl adjacent to an activating group) is 1. The van der Waals surface area contributed by atoms with Gasteiger partial charge in [0.2, 0.25) is 5.78 Å². The number of aldehydes is 1. The Morgan fingerprint density at radius 3 is 2.94 bits per heavy atom. The molecule has 96 valence electrons. The number of Topliss-reactive ketones (excluding diaryl/α,β-unsaturated/α-hetero) is 1. The average Bonchev–Trinajstić information content (AvgIpc) is 2.72. The van der Waals surface area contributed by atoms with E-state index in [-0.39, 0.29) is 0 Å². The minimum Gasteiger partial charge on any atom is -0.294 e. The number of ketones is 1. The largest absolute Gasteiger partial charge is 0.294 e. The van der Waals surface area contributed by atoms with E-state index in [2.05, 4.69) is 5.43 Å². The number of nitrogens with zero attached hydrogens (tertiary/aromatic N) is 2. The molecule has 0 bridgehead atoms. The Morgan fingerprint density at radius 1 is 1.56 bits per heavy atom. The number of halogens is 1. The summed E-state index contributed by atoms with van der Waals surface area (Å²) in [5, 5.41) is 2.29. The molecule has 0 saturated carbocycles. The summed E-state index contributed by atoms with van der Waals surface area (Å²) in [7, 11) is 1.73. The Labute approximate surface area is 110 Å². The van der Waals surface area contributed by atoms with E-state index in [1.54, 1.807) is 18.1 Å². The maximum absolute atomic E-state index is 11.6. The molecule has 2 rings (SSSR count). The number of hydrazine groups is 1. The van der Waals surface area contributed by atoms with Crippen molar-refractivity contribution in [1.29, 1.82) is 0 Å². The van der Waals surface area contributed by atoms with Gasteiger partial charge in [0.05, 0.1) is 6.67 Å². The molecule has 0 aromatic heterocycles. The highest BCUT2D eigenvalue weighted by Crippen LogP contribution is 2.20. The first kappa shape index (κ1) is 13.2. The Balaban J connectivity index is 2.16. The van der Waals surface area contributed by atoms with Gasteiger partial charge in [-0.3, -0.25) is 14.5 Å². The zero-order valence-electron chi connectivity index (χ0n) is 9.97. The first-order valence-electron chi connectivity index (χ1n) is 5.56. The Hall–Kier alpha value is -1.27. The van der Waals surface area contributed by atoms with Gasteiger partial charge < -0.3 is 0 Å². The maximum Gasteiger partial charge on any atom is 0.228 e. The summed E-state index contributed by atoms with van der Waals surface area (Å²) in [6.07, 6.45) is -0.216. The molecule has 0 aliphatic carbocycles. The van der Waals surface area contributed by atoms with Gasteiger partial charge in [-0.25, -0.2) is 10.4 Å². The minimum atomic E-state index is -0.571. The van der Waals surface area contributed by atoms with Crippen LogP contribution in [0.2, 0.25) is 5.02 Å². The molecule has 1 aliphatic heterocycles. The molecule has 1 saturated heterocycles. The average molecular weight is 268 g/mol. The summed E-state index contributed by atoms with van der Waals surface area (Å²) in [5.41, 5.74) is 3.94. The molecule has 1 aromatic carbocycles. The lowest BCUT2D eigenvalue weighted by atomic mass is 10.2. The first-order chi connectivity index (χ1) is 8.63. The number of hydrogen-bond acceptors (Lipinski definition) is 5. The van der Waals surface area contributed by atoms with Crippen molar-refractivity contribution in [2.45, 2.75) is 12.7 Å². The third kappa shape index (κ3) is 2.59. The lowest BCUT2D eigenvalue weighted by Crippen LogP contribution is -2.44. The summed E-state index contributed by atoms with van der Waals surface area (Å²) in [5.74, 6) is -0.463. The fourth-order valence-corrected chi connectivity index (χ4v) is 2.24. The Kier molecular flexibility index (Phi) is 4.08. The van der Waals surface area contributed by atoms with Crippen LogP contribution in [-0.2, 0) is 16.1 Å². The molecule has 0 radical (unpaired) electrons. The summed E-state index contributed by atoms with van der Waals surface area (Å²) in [6, 6.07) is 7.46. The standard InChI is InChI=1S/C12H14ClN3O2/c1-15-12(11(18)7-17)16(8-14-15)6-9-4-2-3-5-10(9)13/h2-5,7,12,14H,6,8H2,1H3. The lowest BCUT2D eigenvalue weighted by molar-refractivity contribution is -0.136. The second-order valence-electron chi connectivity index (χ2n) is 4.16. The number of carbonyl (C=O) groups excluding carboxylic acids is 2. The maximum atomic E-state index is 11.6. The molecule has 1 unspecified atom stereocenters. The molecule has 18 heavy (non-hydrogen) atoms. The smallest absolute Gasteiger partial charge is 0.228 e. The van der Waals surface area contributed by atoms with E-state index in [1.165, 1.54) is 0 Å². The van der Waals surface area contributed by atoms with Gasteiger partial charge >= 0.3 is 0 Å². The zero-order valence-corrected chi connectivity index (χ0v) is 10.7. The molecule has 1 N–H and O–H groups in total. The summed E-state index contributed by atoms with van der Waals surface area (Å²) >= 11 is 6.09. The van der Waals surface area contributed by atoms with E-state index in [0.717, 1.165) is 5.56 Å². The van der Waals surface area contributed by atoms with Crippen molar-refractivity contribution in [3.05, 3.63) is 34.9 Å². The monoisotopic (exact) mass is 267 g/mol. The molecule has 1 atom stereocenters. The predicted molar refractivity (Wildman–Crippen MR) is 67.6 cm³/mol. The molecule has 1 aliphatic rings. The van der Waals surface area contributed by atoms with E-state index >= 15 is 0 Å². The summed E-state index contributed by atoms with van der Waals surface area (Å²) < 4.78 is 0. The predicted octanol–water partition coefficient (Wildman–Crippen LogP) is 0.644. The van der Waals surface area contributed by atoms with Gasteiger partial charge in [0.1, 0.15) is 6.17 Å². The van der Waals surface area contributed by atoms with Crippen molar-refractivity contribution in [2.24, 2.45) is 0 Å². The van der Waals surface area contributed by atoms with Crippen LogP contribution < -0.4 is 5.43 Å². The third-order valence-corrected chi connectivity index (χ3v) is 3.31. The summed E-state index contributed by atoms with van der Waals surface area (Å²) in [6.45, 7) is 1.02. The van der Waals surface area contributed by atoms with Crippen LogP contribution in [0, 0.1) is 0 Å². The van der Waals surface area contributed by atoms with E-state index in [0.29, 0.717) is 24.5 Å². The van der Waals surface area contributed by atoms with Crippen LogP contribution in [0.1, 0.15) is 5.56 Å². The molecule has 1 heterocycles. The molecule has 5 nitrogen and oxygen atoms in total. The number of hydrogen-bond donors (Lipinski definition) is 1. The van der Waals surface area contributed by atoms with Crippen LogP contribution in [-0.4, -0.2) is 41.9 Å². The highest BCUT2D eigenvalue weighted by Gasteiger charge is 2.34. The quantitative estimate of drug-likeness (QED) is 0.641. The zero-order chi connectivity index (χ0) is 13.1. The first-order valence-corrected chi connectivity index (χ1v) is 5.94. The van der Waals surface area contributed by atoms with E-state index < -0.39 is 11.9 Å². The summed E-state index contributed by atoms with van der Waals surface area (Å²) in [4.78, 5) is 24.1.